The normalized spacial score (nSPS) is 12.5. The third-order valence-electron chi connectivity index (χ3n) is 3.13. The number of halogens is 4. The highest BCUT2D eigenvalue weighted by Crippen LogP contribution is 2.28. The molecule has 0 saturated carbocycles. The minimum Gasteiger partial charge on any atom is -0.309 e. The van der Waals surface area contributed by atoms with Gasteiger partial charge in [0.2, 0.25) is 0 Å². The van der Waals surface area contributed by atoms with Crippen LogP contribution in [0, 0.1) is 30.2 Å². The Labute approximate surface area is 114 Å². The van der Waals surface area contributed by atoms with Gasteiger partial charge in [0.1, 0.15) is 5.82 Å². The molecule has 0 aliphatic rings. The Morgan fingerprint density at radius 3 is 2.10 bits per heavy atom. The Morgan fingerprint density at radius 2 is 1.50 bits per heavy atom. The van der Waals surface area contributed by atoms with Crippen LogP contribution in [0.3, 0.4) is 0 Å². The minimum absolute atomic E-state index is 0.144. The fourth-order valence-corrected chi connectivity index (χ4v) is 2.11. The van der Waals surface area contributed by atoms with Crippen LogP contribution in [0.1, 0.15) is 22.7 Å². The standard InChI is InChI=1S/C15H13F4N/c1-8-3-4-9(12(17)7-8)15(20-2)10-5-6-11(16)14(19)13(10)18/h3-7,15,20H,1-2H3. The van der Waals surface area contributed by atoms with Crippen molar-refractivity contribution in [2.75, 3.05) is 7.05 Å². The zero-order chi connectivity index (χ0) is 14.9. The zero-order valence-electron chi connectivity index (χ0n) is 11.0. The molecule has 1 atom stereocenters. The van der Waals surface area contributed by atoms with E-state index < -0.39 is 29.3 Å². The summed E-state index contributed by atoms with van der Waals surface area (Å²) >= 11 is 0. The Bertz CT molecular complexity index is 640. The average Bonchev–Trinajstić information content (AvgIpc) is 2.41. The molecular weight excluding hydrogens is 270 g/mol. The van der Waals surface area contributed by atoms with Gasteiger partial charge in [-0.2, -0.15) is 0 Å². The molecule has 0 spiro atoms. The van der Waals surface area contributed by atoms with Crippen molar-refractivity contribution >= 4 is 0 Å². The Kier molecular flexibility index (Phi) is 4.09. The molecule has 2 rings (SSSR count). The van der Waals surface area contributed by atoms with Gasteiger partial charge in [-0.1, -0.05) is 18.2 Å². The van der Waals surface area contributed by atoms with E-state index in [0.717, 1.165) is 12.1 Å². The highest BCUT2D eigenvalue weighted by atomic mass is 19.2. The zero-order valence-corrected chi connectivity index (χ0v) is 11.0. The maximum Gasteiger partial charge on any atom is 0.194 e. The van der Waals surface area contributed by atoms with Crippen LogP contribution in [0.5, 0.6) is 0 Å². The van der Waals surface area contributed by atoms with Crippen LogP contribution in [0.2, 0.25) is 0 Å². The smallest absolute Gasteiger partial charge is 0.194 e. The average molecular weight is 283 g/mol. The van der Waals surface area contributed by atoms with Gasteiger partial charge in [0, 0.05) is 11.1 Å². The Hall–Kier alpha value is -1.88. The van der Waals surface area contributed by atoms with Gasteiger partial charge in [-0.25, -0.2) is 17.6 Å². The molecule has 1 nitrogen and oxygen atoms in total. The van der Waals surface area contributed by atoms with E-state index in [0.29, 0.717) is 5.56 Å². The predicted molar refractivity (Wildman–Crippen MR) is 68.4 cm³/mol. The SMILES string of the molecule is CNC(c1ccc(C)cc1F)c1ccc(F)c(F)c1F. The molecule has 20 heavy (non-hydrogen) atoms. The molecule has 0 saturated heterocycles. The van der Waals surface area contributed by atoms with Gasteiger partial charge in [0.05, 0.1) is 6.04 Å². The summed E-state index contributed by atoms with van der Waals surface area (Å²) in [4.78, 5) is 0. The van der Waals surface area contributed by atoms with E-state index in [-0.39, 0.29) is 11.1 Å². The fraction of sp³-hybridized carbons (Fsp3) is 0.200. The van der Waals surface area contributed by atoms with Crippen LogP contribution < -0.4 is 5.32 Å². The molecule has 0 bridgehead atoms. The summed E-state index contributed by atoms with van der Waals surface area (Å²) in [5, 5.41) is 2.71. The fourth-order valence-electron chi connectivity index (χ4n) is 2.11. The molecule has 0 aliphatic heterocycles. The molecule has 2 aromatic carbocycles. The first-order valence-electron chi connectivity index (χ1n) is 6.02. The number of nitrogens with one attached hydrogen (secondary N) is 1. The first-order chi connectivity index (χ1) is 9.45. The third kappa shape index (κ3) is 2.54. The summed E-state index contributed by atoms with van der Waals surface area (Å²) < 4.78 is 54.0. The lowest BCUT2D eigenvalue weighted by Crippen LogP contribution is -2.21. The monoisotopic (exact) mass is 283 g/mol. The van der Waals surface area contributed by atoms with Crippen LogP contribution in [0.4, 0.5) is 17.6 Å². The topological polar surface area (TPSA) is 12.0 Å². The van der Waals surface area contributed by atoms with Crippen molar-refractivity contribution in [3.63, 3.8) is 0 Å². The highest BCUT2D eigenvalue weighted by Gasteiger charge is 2.23. The van der Waals surface area contributed by atoms with E-state index in [9.17, 15) is 17.6 Å². The quantitative estimate of drug-likeness (QED) is 0.666. The summed E-state index contributed by atoms with van der Waals surface area (Å²) in [6, 6.07) is 5.49. The van der Waals surface area contributed by atoms with Crippen LogP contribution in [-0.2, 0) is 0 Å². The maximum absolute atomic E-state index is 14.0. The molecule has 0 fully saturated rings. The molecule has 0 heterocycles. The van der Waals surface area contributed by atoms with Gasteiger partial charge in [-0.3, -0.25) is 0 Å². The molecule has 0 aromatic heterocycles. The molecule has 0 aliphatic carbocycles. The molecule has 0 amide bonds. The molecule has 2 aromatic rings. The van der Waals surface area contributed by atoms with Gasteiger partial charge in [0.15, 0.2) is 17.5 Å². The summed E-state index contributed by atoms with van der Waals surface area (Å²) in [5.41, 5.74) is 0.740. The second-order valence-electron chi connectivity index (χ2n) is 4.51. The number of rotatable bonds is 3. The first-order valence-corrected chi connectivity index (χ1v) is 6.02. The van der Waals surface area contributed by atoms with Crippen LogP contribution in [-0.4, -0.2) is 7.05 Å². The summed E-state index contributed by atoms with van der Waals surface area (Å²) in [7, 11) is 1.49. The largest absolute Gasteiger partial charge is 0.309 e. The number of aryl methyl sites for hydroxylation is 1. The molecular formula is C15H13F4N. The molecule has 1 N–H and O–H groups in total. The lowest BCUT2D eigenvalue weighted by Gasteiger charge is -2.19. The number of hydrogen-bond donors (Lipinski definition) is 1. The highest BCUT2D eigenvalue weighted by molar-refractivity contribution is 5.35. The van der Waals surface area contributed by atoms with Crippen LogP contribution >= 0.6 is 0 Å². The van der Waals surface area contributed by atoms with E-state index in [4.69, 9.17) is 0 Å². The van der Waals surface area contributed by atoms with Gasteiger partial charge >= 0.3 is 0 Å². The van der Waals surface area contributed by atoms with E-state index in [1.54, 1.807) is 13.0 Å². The predicted octanol–water partition coefficient (Wildman–Crippen LogP) is 3.86. The maximum atomic E-state index is 14.0. The lowest BCUT2D eigenvalue weighted by atomic mass is 9.96. The van der Waals surface area contributed by atoms with Crippen molar-refractivity contribution in [1.29, 1.82) is 0 Å². The Balaban J connectivity index is 2.55. The van der Waals surface area contributed by atoms with Crippen LogP contribution in [0.25, 0.3) is 0 Å². The molecule has 5 heteroatoms. The van der Waals surface area contributed by atoms with Gasteiger partial charge in [-0.15, -0.1) is 0 Å². The van der Waals surface area contributed by atoms with Crippen molar-refractivity contribution in [2.24, 2.45) is 0 Å². The molecule has 0 radical (unpaired) electrons. The lowest BCUT2D eigenvalue weighted by molar-refractivity contribution is 0.433. The molecule has 1 unspecified atom stereocenters. The van der Waals surface area contributed by atoms with Gasteiger partial charge in [0.25, 0.3) is 0 Å². The van der Waals surface area contributed by atoms with Crippen molar-refractivity contribution in [2.45, 2.75) is 13.0 Å². The van der Waals surface area contributed by atoms with Gasteiger partial charge < -0.3 is 5.32 Å². The van der Waals surface area contributed by atoms with Crippen molar-refractivity contribution in [1.82, 2.24) is 5.32 Å². The number of benzene rings is 2. The molecule has 106 valence electrons. The van der Waals surface area contributed by atoms with Crippen molar-refractivity contribution in [3.05, 3.63) is 70.3 Å². The summed E-state index contributed by atoms with van der Waals surface area (Å²) in [6.07, 6.45) is 0. The van der Waals surface area contributed by atoms with E-state index in [1.807, 2.05) is 0 Å². The second-order valence-corrected chi connectivity index (χ2v) is 4.51. The summed E-state index contributed by atoms with van der Waals surface area (Å²) in [5.74, 6) is -4.68. The number of hydrogen-bond acceptors (Lipinski definition) is 1. The third-order valence-corrected chi connectivity index (χ3v) is 3.13. The summed E-state index contributed by atoms with van der Waals surface area (Å²) in [6.45, 7) is 1.72. The van der Waals surface area contributed by atoms with Crippen molar-refractivity contribution in [3.8, 4) is 0 Å². The van der Waals surface area contributed by atoms with E-state index >= 15 is 0 Å². The first kappa shape index (κ1) is 14.5. The van der Waals surface area contributed by atoms with Crippen LogP contribution in [0.15, 0.2) is 30.3 Å². The second kappa shape index (κ2) is 5.63. The minimum atomic E-state index is -1.56. The van der Waals surface area contributed by atoms with Crippen molar-refractivity contribution < 1.29 is 17.6 Å². The van der Waals surface area contributed by atoms with E-state index in [2.05, 4.69) is 5.32 Å². The Morgan fingerprint density at radius 1 is 0.850 bits per heavy atom. The van der Waals surface area contributed by atoms with Gasteiger partial charge in [-0.05, 0) is 31.7 Å². The van der Waals surface area contributed by atoms with E-state index in [1.165, 1.54) is 19.2 Å².